The summed E-state index contributed by atoms with van der Waals surface area (Å²) in [6.45, 7) is 6.04. The lowest BCUT2D eigenvalue weighted by Crippen LogP contribution is -2.14. The third kappa shape index (κ3) is 3.65. The van der Waals surface area contributed by atoms with Gasteiger partial charge >= 0.3 is 0 Å². The van der Waals surface area contributed by atoms with E-state index in [1.807, 2.05) is 25.2 Å². The standard InChI is InChI=1S/C6H14N2/c1-4-7-6-8(3)5-2/h6H,4-5H2,1-3H3/b7-6-. The SMILES string of the molecule is CC/N=C\N(C)CC. The third-order valence-electron chi connectivity index (χ3n) is 0.960. The maximum atomic E-state index is 4.04. The molecular weight excluding hydrogens is 100 g/mol. The van der Waals surface area contributed by atoms with Gasteiger partial charge in [-0.25, -0.2) is 0 Å². The molecule has 0 aromatic carbocycles. The predicted octanol–water partition coefficient (Wildman–Crippen LogP) is 0.986. The third-order valence-corrected chi connectivity index (χ3v) is 0.960. The van der Waals surface area contributed by atoms with Gasteiger partial charge in [0.25, 0.3) is 0 Å². The average molecular weight is 114 g/mol. The van der Waals surface area contributed by atoms with Gasteiger partial charge in [0.05, 0.1) is 6.34 Å². The average Bonchev–Trinajstić information content (AvgIpc) is 1.83. The van der Waals surface area contributed by atoms with Crippen LogP contribution in [-0.2, 0) is 0 Å². The van der Waals surface area contributed by atoms with Gasteiger partial charge < -0.3 is 4.90 Å². The molecule has 0 aromatic rings. The molecule has 0 N–H and O–H groups in total. The molecule has 0 unspecified atom stereocenters. The van der Waals surface area contributed by atoms with E-state index >= 15 is 0 Å². The summed E-state index contributed by atoms with van der Waals surface area (Å²) in [5.74, 6) is 0. The first-order valence-corrected chi connectivity index (χ1v) is 3.01. The summed E-state index contributed by atoms with van der Waals surface area (Å²) in [5, 5.41) is 0. The van der Waals surface area contributed by atoms with E-state index in [-0.39, 0.29) is 0 Å². The topological polar surface area (TPSA) is 15.6 Å². The Hall–Kier alpha value is -0.530. The molecule has 8 heavy (non-hydrogen) atoms. The van der Waals surface area contributed by atoms with E-state index in [1.165, 1.54) is 0 Å². The molecule has 0 aliphatic rings. The second-order valence-electron chi connectivity index (χ2n) is 1.69. The molecule has 0 fully saturated rings. The molecule has 0 rings (SSSR count). The second-order valence-corrected chi connectivity index (χ2v) is 1.69. The summed E-state index contributed by atoms with van der Waals surface area (Å²) in [6.07, 6.45) is 1.86. The van der Waals surface area contributed by atoms with Gasteiger partial charge in [-0.1, -0.05) is 0 Å². The van der Waals surface area contributed by atoms with Crippen molar-refractivity contribution in [2.24, 2.45) is 4.99 Å². The van der Waals surface area contributed by atoms with Crippen molar-refractivity contribution in [3.63, 3.8) is 0 Å². The minimum absolute atomic E-state index is 0.879. The number of hydrogen-bond donors (Lipinski definition) is 0. The number of aliphatic imine (C=N–C) groups is 1. The lowest BCUT2D eigenvalue weighted by Gasteiger charge is -2.06. The van der Waals surface area contributed by atoms with Crippen molar-refractivity contribution >= 4 is 6.34 Å². The first-order valence-electron chi connectivity index (χ1n) is 3.01. The monoisotopic (exact) mass is 114 g/mol. The maximum absolute atomic E-state index is 4.04. The van der Waals surface area contributed by atoms with Gasteiger partial charge in [-0.15, -0.1) is 0 Å². The van der Waals surface area contributed by atoms with Gasteiger partial charge in [0, 0.05) is 20.1 Å². The van der Waals surface area contributed by atoms with Gasteiger partial charge in [0.1, 0.15) is 0 Å². The van der Waals surface area contributed by atoms with Crippen LogP contribution in [0.4, 0.5) is 0 Å². The van der Waals surface area contributed by atoms with Gasteiger partial charge in [-0.05, 0) is 13.8 Å². The van der Waals surface area contributed by atoms with Crippen molar-refractivity contribution in [1.29, 1.82) is 0 Å². The zero-order valence-corrected chi connectivity index (χ0v) is 5.89. The number of rotatable bonds is 3. The summed E-state index contributed by atoms with van der Waals surface area (Å²) in [5.41, 5.74) is 0. The quantitative estimate of drug-likeness (QED) is 0.394. The fourth-order valence-electron chi connectivity index (χ4n) is 0.303. The molecule has 0 aliphatic carbocycles. The summed E-state index contributed by atoms with van der Waals surface area (Å²) >= 11 is 0. The van der Waals surface area contributed by atoms with Gasteiger partial charge in [0.2, 0.25) is 0 Å². The van der Waals surface area contributed by atoms with Crippen molar-refractivity contribution in [2.75, 3.05) is 20.1 Å². The van der Waals surface area contributed by atoms with Gasteiger partial charge in [-0.2, -0.15) is 0 Å². The normalized spacial score (nSPS) is 10.4. The molecule has 0 heterocycles. The van der Waals surface area contributed by atoms with Crippen LogP contribution in [0, 0.1) is 0 Å². The van der Waals surface area contributed by atoms with E-state index in [1.54, 1.807) is 0 Å². The van der Waals surface area contributed by atoms with Crippen molar-refractivity contribution < 1.29 is 0 Å². The molecular formula is C6H14N2. The van der Waals surface area contributed by atoms with Gasteiger partial charge in [0.15, 0.2) is 0 Å². The Kier molecular flexibility index (Phi) is 4.32. The van der Waals surface area contributed by atoms with Crippen molar-refractivity contribution in [3.05, 3.63) is 0 Å². The fourth-order valence-corrected chi connectivity index (χ4v) is 0.303. The molecule has 48 valence electrons. The van der Waals surface area contributed by atoms with Crippen molar-refractivity contribution in [3.8, 4) is 0 Å². The highest BCUT2D eigenvalue weighted by Crippen LogP contribution is 1.73. The van der Waals surface area contributed by atoms with Gasteiger partial charge in [-0.3, -0.25) is 4.99 Å². The van der Waals surface area contributed by atoms with E-state index in [9.17, 15) is 0 Å². The highest BCUT2D eigenvalue weighted by Gasteiger charge is 1.79. The van der Waals surface area contributed by atoms with Crippen LogP contribution in [0.5, 0.6) is 0 Å². The Bertz CT molecular complexity index is 68.9. The molecule has 0 aromatic heterocycles. The Morgan fingerprint density at radius 1 is 1.50 bits per heavy atom. The minimum Gasteiger partial charge on any atom is -0.366 e. The molecule has 0 atom stereocenters. The number of hydrogen-bond acceptors (Lipinski definition) is 1. The maximum Gasteiger partial charge on any atom is 0.0846 e. The molecule has 0 amide bonds. The van der Waals surface area contributed by atoms with E-state index in [4.69, 9.17) is 0 Å². The van der Waals surface area contributed by atoms with E-state index < -0.39 is 0 Å². The number of nitrogens with zero attached hydrogens (tertiary/aromatic N) is 2. The Labute approximate surface area is 51.2 Å². The van der Waals surface area contributed by atoms with Crippen LogP contribution >= 0.6 is 0 Å². The van der Waals surface area contributed by atoms with Crippen LogP contribution < -0.4 is 0 Å². The molecule has 0 aliphatic heterocycles. The summed E-state index contributed by atoms with van der Waals surface area (Å²) in [6, 6.07) is 0. The van der Waals surface area contributed by atoms with Crippen LogP contribution in [0.1, 0.15) is 13.8 Å². The lowest BCUT2D eigenvalue weighted by atomic mass is 10.7. The fraction of sp³-hybridized carbons (Fsp3) is 0.833. The van der Waals surface area contributed by atoms with Crippen LogP contribution in [0.25, 0.3) is 0 Å². The predicted molar refractivity (Wildman–Crippen MR) is 37.3 cm³/mol. The summed E-state index contributed by atoms with van der Waals surface area (Å²) in [4.78, 5) is 6.09. The lowest BCUT2D eigenvalue weighted by molar-refractivity contribution is 0.550. The second kappa shape index (κ2) is 4.62. The minimum atomic E-state index is 0.879. The largest absolute Gasteiger partial charge is 0.366 e. The Morgan fingerprint density at radius 2 is 2.12 bits per heavy atom. The highest BCUT2D eigenvalue weighted by atomic mass is 15.1. The van der Waals surface area contributed by atoms with E-state index in [0.29, 0.717) is 0 Å². The molecule has 0 spiro atoms. The first-order chi connectivity index (χ1) is 3.81. The zero-order chi connectivity index (χ0) is 6.41. The molecule has 0 bridgehead atoms. The zero-order valence-electron chi connectivity index (χ0n) is 5.89. The smallest absolute Gasteiger partial charge is 0.0846 e. The Balaban J connectivity index is 3.21. The van der Waals surface area contributed by atoms with Crippen LogP contribution in [0.2, 0.25) is 0 Å². The highest BCUT2D eigenvalue weighted by molar-refractivity contribution is 5.54. The van der Waals surface area contributed by atoms with Crippen molar-refractivity contribution in [1.82, 2.24) is 4.90 Å². The molecule has 0 saturated carbocycles. The molecule has 2 nitrogen and oxygen atoms in total. The van der Waals surface area contributed by atoms with Crippen LogP contribution in [0.15, 0.2) is 4.99 Å². The van der Waals surface area contributed by atoms with Crippen molar-refractivity contribution in [2.45, 2.75) is 13.8 Å². The molecule has 2 heteroatoms. The van der Waals surface area contributed by atoms with Crippen LogP contribution in [0.3, 0.4) is 0 Å². The van der Waals surface area contributed by atoms with Crippen LogP contribution in [-0.4, -0.2) is 31.4 Å². The molecule has 0 radical (unpaired) electrons. The molecule has 0 saturated heterocycles. The Morgan fingerprint density at radius 3 is 2.50 bits per heavy atom. The van der Waals surface area contributed by atoms with E-state index in [0.717, 1.165) is 13.1 Å². The summed E-state index contributed by atoms with van der Waals surface area (Å²) in [7, 11) is 2.01. The van der Waals surface area contributed by atoms with E-state index in [2.05, 4.69) is 11.9 Å². The summed E-state index contributed by atoms with van der Waals surface area (Å²) < 4.78 is 0. The first kappa shape index (κ1) is 7.47.